The Morgan fingerprint density at radius 3 is 2.47 bits per heavy atom. The summed E-state index contributed by atoms with van der Waals surface area (Å²) in [5.74, 6) is -0.728. The fraction of sp³-hybridized carbons (Fsp3) is 0.500. The number of alkyl halides is 3. The highest BCUT2D eigenvalue weighted by Gasteiger charge is 2.39. The van der Waals surface area contributed by atoms with E-state index >= 15 is 0 Å². The topological polar surface area (TPSA) is 131 Å². The van der Waals surface area contributed by atoms with Gasteiger partial charge in [-0.25, -0.2) is 0 Å². The third-order valence-corrected chi connectivity index (χ3v) is 5.44. The molecule has 1 aromatic carbocycles. The molecule has 0 aliphatic heterocycles. The first-order valence-corrected chi connectivity index (χ1v) is 10.1. The summed E-state index contributed by atoms with van der Waals surface area (Å²) in [7, 11) is 0. The van der Waals surface area contributed by atoms with Crippen LogP contribution in [0.15, 0.2) is 24.3 Å². The summed E-state index contributed by atoms with van der Waals surface area (Å²) in [6.07, 6.45) is -3.31. The van der Waals surface area contributed by atoms with Crippen LogP contribution < -0.4 is 5.32 Å². The molecule has 0 saturated carbocycles. The number of carbonyl (C=O) groups is 1. The number of aromatic nitrogens is 2. The highest BCUT2D eigenvalue weighted by molar-refractivity contribution is 5.76. The van der Waals surface area contributed by atoms with Crippen molar-refractivity contribution in [2.75, 3.05) is 6.61 Å². The van der Waals surface area contributed by atoms with E-state index in [1.165, 1.54) is 24.3 Å². The molecule has 2 aromatic rings. The lowest BCUT2D eigenvalue weighted by Gasteiger charge is -2.22. The lowest BCUT2D eigenvalue weighted by Crippen LogP contribution is -2.43. The van der Waals surface area contributed by atoms with Crippen LogP contribution in [0.3, 0.4) is 0 Å². The van der Waals surface area contributed by atoms with Crippen LogP contribution in [0, 0.1) is 10.1 Å². The zero-order chi connectivity index (χ0) is 23.5. The van der Waals surface area contributed by atoms with Gasteiger partial charge in [0.15, 0.2) is 5.69 Å². The lowest BCUT2D eigenvalue weighted by molar-refractivity contribution is -0.384. The smallest absolute Gasteiger partial charge is 0.394 e. The van der Waals surface area contributed by atoms with Crippen LogP contribution in [0.5, 0.6) is 0 Å². The van der Waals surface area contributed by atoms with Crippen molar-refractivity contribution < 1.29 is 33.1 Å². The Hall–Kier alpha value is -2.99. The molecule has 3 rings (SSSR count). The number of halogens is 3. The minimum atomic E-state index is -4.63. The molecule has 12 heteroatoms. The summed E-state index contributed by atoms with van der Waals surface area (Å²) < 4.78 is 41.3. The monoisotopic (exact) mass is 456 g/mol. The largest absolute Gasteiger partial charge is 0.435 e. The number of nitro groups is 1. The molecule has 2 atom stereocenters. The van der Waals surface area contributed by atoms with Gasteiger partial charge in [-0.1, -0.05) is 6.42 Å². The zero-order valence-corrected chi connectivity index (χ0v) is 17.0. The predicted octanol–water partition coefficient (Wildman–Crippen LogP) is 2.29. The molecule has 1 aliphatic carbocycles. The van der Waals surface area contributed by atoms with Crippen LogP contribution in [0.2, 0.25) is 0 Å². The van der Waals surface area contributed by atoms with Crippen molar-refractivity contribution >= 4 is 11.6 Å². The van der Waals surface area contributed by atoms with Crippen molar-refractivity contribution in [3.05, 3.63) is 56.9 Å². The molecular weight excluding hydrogens is 433 g/mol. The average Bonchev–Trinajstić information content (AvgIpc) is 2.92. The molecule has 0 saturated heterocycles. The van der Waals surface area contributed by atoms with Gasteiger partial charge in [0.1, 0.15) is 12.6 Å². The number of nitro benzene ring substituents is 1. The Bertz CT molecular complexity index is 975. The maximum absolute atomic E-state index is 13.4. The van der Waals surface area contributed by atoms with E-state index in [0.29, 0.717) is 25.0 Å². The molecule has 0 fully saturated rings. The molecule has 32 heavy (non-hydrogen) atoms. The number of fused-ring (bicyclic) bond motifs is 1. The lowest BCUT2D eigenvalue weighted by atomic mass is 10.0. The quantitative estimate of drug-likeness (QED) is 0.333. The molecule has 3 N–H and O–H groups in total. The molecule has 0 radical (unpaired) electrons. The third-order valence-electron chi connectivity index (χ3n) is 5.44. The van der Waals surface area contributed by atoms with Gasteiger partial charge in [-0.2, -0.15) is 18.3 Å². The minimum absolute atomic E-state index is 0.118. The van der Waals surface area contributed by atoms with Crippen molar-refractivity contribution in [3.8, 4) is 0 Å². The Morgan fingerprint density at radius 2 is 1.88 bits per heavy atom. The Morgan fingerprint density at radius 1 is 1.22 bits per heavy atom. The molecule has 0 spiro atoms. The number of nitrogens with zero attached hydrogens (tertiary/aromatic N) is 3. The van der Waals surface area contributed by atoms with Crippen molar-refractivity contribution in [3.63, 3.8) is 0 Å². The summed E-state index contributed by atoms with van der Waals surface area (Å²) in [5.41, 5.74) is -0.451. The maximum Gasteiger partial charge on any atom is 0.435 e. The van der Waals surface area contributed by atoms with Gasteiger partial charge in [0, 0.05) is 23.4 Å². The normalized spacial score (nSPS) is 16.0. The summed E-state index contributed by atoms with van der Waals surface area (Å²) in [5, 5.41) is 36.9. The van der Waals surface area contributed by atoms with Gasteiger partial charge in [0.25, 0.3) is 5.69 Å². The zero-order valence-electron chi connectivity index (χ0n) is 17.0. The number of benzene rings is 1. The highest BCUT2D eigenvalue weighted by Crippen LogP contribution is 2.35. The fourth-order valence-corrected chi connectivity index (χ4v) is 3.84. The second-order valence-electron chi connectivity index (χ2n) is 7.64. The minimum Gasteiger partial charge on any atom is -0.394 e. The first-order valence-electron chi connectivity index (χ1n) is 10.1. The second kappa shape index (κ2) is 9.65. The van der Waals surface area contributed by atoms with E-state index in [9.17, 15) is 38.3 Å². The number of hydrogen-bond acceptors (Lipinski definition) is 6. The fourth-order valence-electron chi connectivity index (χ4n) is 3.84. The molecule has 9 nitrogen and oxygen atoms in total. The highest BCUT2D eigenvalue weighted by atomic mass is 19.4. The van der Waals surface area contributed by atoms with Gasteiger partial charge in [-0.3, -0.25) is 19.6 Å². The van der Waals surface area contributed by atoms with E-state index < -0.39 is 48.0 Å². The molecule has 2 unspecified atom stereocenters. The first kappa shape index (κ1) is 23.7. The molecular formula is C20H23F3N4O5. The number of aliphatic hydroxyl groups excluding tert-OH is 2. The van der Waals surface area contributed by atoms with Crippen LogP contribution in [-0.4, -0.2) is 43.5 Å². The van der Waals surface area contributed by atoms with E-state index in [0.717, 1.165) is 11.1 Å². The van der Waals surface area contributed by atoms with Crippen LogP contribution in [0.4, 0.5) is 18.9 Å². The van der Waals surface area contributed by atoms with Gasteiger partial charge in [-0.15, -0.1) is 0 Å². The Labute approximate surface area is 181 Å². The number of nitrogens with one attached hydrogen (secondary N) is 1. The maximum atomic E-state index is 13.4. The van der Waals surface area contributed by atoms with Crippen LogP contribution in [0.1, 0.15) is 47.9 Å². The van der Waals surface area contributed by atoms with E-state index in [-0.39, 0.29) is 23.2 Å². The number of non-ortho nitro benzene ring substituents is 1. The molecule has 1 amide bonds. The summed E-state index contributed by atoms with van der Waals surface area (Å²) >= 11 is 0. The van der Waals surface area contributed by atoms with Gasteiger partial charge < -0.3 is 15.5 Å². The van der Waals surface area contributed by atoms with Crippen molar-refractivity contribution in [2.45, 2.75) is 57.0 Å². The Kier molecular flexibility index (Phi) is 7.14. The molecule has 174 valence electrons. The van der Waals surface area contributed by atoms with Gasteiger partial charge in [-0.05, 0) is 43.4 Å². The van der Waals surface area contributed by atoms with E-state index in [2.05, 4.69) is 10.4 Å². The second-order valence-corrected chi connectivity index (χ2v) is 7.64. The third kappa shape index (κ3) is 5.25. The summed E-state index contributed by atoms with van der Waals surface area (Å²) in [6.45, 7) is -1.16. The Balaban J connectivity index is 1.75. The van der Waals surface area contributed by atoms with E-state index in [1.807, 2.05) is 0 Å². The van der Waals surface area contributed by atoms with Crippen LogP contribution in [0.25, 0.3) is 0 Å². The SMILES string of the molecule is O=C(Cn1nc(C(F)(F)F)c2c1CCCCC2)NC(CO)C(O)c1ccc([N+](=O)[O-])cc1. The molecule has 1 aliphatic rings. The summed E-state index contributed by atoms with van der Waals surface area (Å²) in [4.78, 5) is 22.7. The number of aliphatic hydroxyl groups is 2. The molecule has 0 bridgehead atoms. The number of rotatable bonds is 7. The van der Waals surface area contributed by atoms with Gasteiger partial charge in [0.05, 0.1) is 17.6 Å². The first-order chi connectivity index (χ1) is 15.1. The van der Waals surface area contributed by atoms with Crippen LogP contribution in [-0.2, 0) is 30.4 Å². The molecule has 1 aromatic heterocycles. The van der Waals surface area contributed by atoms with Crippen molar-refractivity contribution in [1.29, 1.82) is 0 Å². The standard InChI is InChI=1S/C20H23F3N4O5/c21-20(22,23)19-14-4-2-1-3-5-16(14)26(25-19)10-17(29)24-15(11-28)18(30)12-6-8-13(9-7-12)27(31)32/h6-9,15,18,28,30H,1-5,10-11H2,(H,24,29). The predicted molar refractivity (Wildman–Crippen MR) is 106 cm³/mol. The number of carbonyl (C=O) groups excluding carboxylic acids is 1. The van der Waals surface area contributed by atoms with Crippen molar-refractivity contribution in [1.82, 2.24) is 15.1 Å². The average molecular weight is 456 g/mol. The van der Waals surface area contributed by atoms with Gasteiger partial charge in [0.2, 0.25) is 5.91 Å². The summed E-state index contributed by atoms with van der Waals surface area (Å²) in [6, 6.07) is 3.76. The van der Waals surface area contributed by atoms with Gasteiger partial charge >= 0.3 is 6.18 Å². The van der Waals surface area contributed by atoms with E-state index in [4.69, 9.17) is 0 Å². The number of amides is 1. The van der Waals surface area contributed by atoms with E-state index in [1.54, 1.807) is 0 Å². The number of hydrogen-bond donors (Lipinski definition) is 3. The molecule has 1 heterocycles. The van der Waals surface area contributed by atoms with Crippen LogP contribution >= 0.6 is 0 Å². The van der Waals surface area contributed by atoms with Crippen molar-refractivity contribution in [2.24, 2.45) is 0 Å².